The molecule has 2 aromatic carbocycles. The first-order valence-corrected chi connectivity index (χ1v) is 5.55. The lowest BCUT2D eigenvalue weighted by Gasteiger charge is -2.05. The van der Waals surface area contributed by atoms with Crippen molar-refractivity contribution in [2.75, 3.05) is 0 Å². The molecule has 3 heteroatoms. The van der Waals surface area contributed by atoms with Gasteiger partial charge in [-0.15, -0.1) is 0 Å². The van der Waals surface area contributed by atoms with Crippen LogP contribution in [0.25, 0.3) is 11.1 Å². The molecule has 0 fully saturated rings. The Hall–Kier alpha value is -0.860. The number of rotatable bonds is 1. The molecule has 0 spiro atoms. The van der Waals surface area contributed by atoms with Crippen molar-refractivity contribution in [1.29, 1.82) is 0 Å². The van der Waals surface area contributed by atoms with E-state index >= 15 is 0 Å². The summed E-state index contributed by atoms with van der Waals surface area (Å²) in [6.45, 7) is 0. The van der Waals surface area contributed by atoms with E-state index in [1.54, 1.807) is 12.1 Å². The van der Waals surface area contributed by atoms with E-state index < -0.39 is 0 Å². The van der Waals surface area contributed by atoms with Crippen molar-refractivity contribution in [3.05, 3.63) is 57.8 Å². The van der Waals surface area contributed by atoms with Crippen LogP contribution >= 0.6 is 27.5 Å². The summed E-state index contributed by atoms with van der Waals surface area (Å²) in [5.41, 5.74) is 1.33. The fraction of sp³-hybridized carbons (Fsp3) is 0. The Bertz CT molecular complexity index is 482. The molecule has 0 aromatic heterocycles. The van der Waals surface area contributed by atoms with Crippen LogP contribution in [-0.4, -0.2) is 0 Å². The van der Waals surface area contributed by atoms with Crippen molar-refractivity contribution in [1.82, 2.24) is 0 Å². The van der Waals surface area contributed by atoms with Crippen LogP contribution in [0.3, 0.4) is 0 Å². The highest BCUT2D eigenvalue weighted by Crippen LogP contribution is 2.31. The third kappa shape index (κ3) is 2.21. The van der Waals surface area contributed by atoms with Crippen molar-refractivity contribution in [2.24, 2.45) is 0 Å². The Morgan fingerprint density at radius 3 is 2.40 bits per heavy atom. The third-order valence-electron chi connectivity index (χ3n) is 2.08. The molecule has 0 heterocycles. The van der Waals surface area contributed by atoms with Gasteiger partial charge in [0.1, 0.15) is 5.82 Å². The highest BCUT2D eigenvalue weighted by Gasteiger charge is 2.09. The standard InChI is InChI=1S/C12H7BrClF/c13-9-6-10(12(15)11(14)7-9)8-4-2-1-3-5-8/h1-7H. The van der Waals surface area contributed by atoms with Gasteiger partial charge in [-0.2, -0.15) is 0 Å². The van der Waals surface area contributed by atoms with E-state index in [4.69, 9.17) is 11.6 Å². The molecule has 0 radical (unpaired) electrons. The summed E-state index contributed by atoms with van der Waals surface area (Å²) in [5, 5.41) is 0.128. The topological polar surface area (TPSA) is 0 Å². The fourth-order valence-corrected chi connectivity index (χ4v) is 2.19. The van der Waals surface area contributed by atoms with Crippen molar-refractivity contribution < 1.29 is 4.39 Å². The Morgan fingerprint density at radius 2 is 1.73 bits per heavy atom. The van der Waals surface area contributed by atoms with Crippen LogP contribution in [0.4, 0.5) is 4.39 Å². The summed E-state index contributed by atoms with van der Waals surface area (Å²) in [4.78, 5) is 0. The molecule has 0 aliphatic heterocycles. The average Bonchev–Trinajstić information content (AvgIpc) is 2.24. The van der Waals surface area contributed by atoms with E-state index in [9.17, 15) is 4.39 Å². The number of halogens is 3. The van der Waals surface area contributed by atoms with Crippen LogP contribution < -0.4 is 0 Å². The maximum atomic E-state index is 13.7. The minimum Gasteiger partial charge on any atom is -0.205 e. The average molecular weight is 286 g/mol. The van der Waals surface area contributed by atoms with Gasteiger partial charge in [-0.1, -0.05) is 57.9 Å². The van der Waals surface area contributed by atoms with E-state index in [1.165, 1.54) is 0 Å². The Kier molecular flexibility index (Phi) is 3.08. The van der Waals surface area contributed by atoms with E-state index in [0.29, 0.717) is 5.56 Å². The molecular weight excluding hydrogens is 278 g/mol. The predicted molar refractivity (Wildman–Crippen MR) is 64.5 cm³/mol. The van der Waals surface area contributed by atoms with E-state index in [1.807, 2.05) is 30.3 Å². The van der Waals surface area contributed by atoms with Crippen LogP contribution in [0.2, 0.25) is 5.02 Å². The second kappa shape index (κ2) is 4.33. The molecule has 15 heavy (non-hydrogen) atoms. The van der Waals surface area contributed by atoms with Gasteiger partial charge in [0.25, 0.3) is 0 Å². The van der Waals surface area contributed by atoms with Crippen LogP contribution in [0.15, 0.2) is 46.9 Å². The van der Waals surface area contributed by atoms with Crippen molar-refractivity contribution in [3.8, 4) is 11.1 Å². The van der Waals surface area contributed by atoms with Crippen molar-refractivity contribution >= 4 is 27.5 Å². The van der Waals surface area contributed by atoms with E-state index in [2.05, 4.69) is 15.9 Å². The lowest BCUT2D eigenvalue weighted by molar-refractivity contribution is 0.631. The molecule has 0 bridgehead atoms. The Labute approximate surface area is 101 Å². The van der Waals surface area contributed by atoms with Crippen molar-refractivity contribution in [3.63, 3.8) is 0 Å². The first kappa shape index (κ1) is 10.7. The maximum Gasteiger partial charge on any atom is 0.149 e. The molecule has 0 atom stereocenters. The molecule has 0 saturated heterocycles. The molecule has 0 aliphatic rings. The van der Waals surface area contributed by atoms with Crippen LogP contribution in [0.5, 0.6) is 0 Å². The summed E-state index contributed by atoms with van der Waals surface area (Å²) in [5.74, 6) is -0.383. The highest BCUT2D eigenvalue weighted by molar-refractivity contribution is 9.10. The zero-order valence-electron chi connectivity index (χ0n) is 7.68. The molecule has 76 valence electrons. The van der Waals surface area contributed by atoms with Gasteiger partial charge in [0.15, 0.2) is 0 Å². The minimum atomic E-state index is -0.383. The molecule has 0 saturated carbocycles. The Morgan fingerprint density at radius 1 is 1.07 bits per heavy atom. The molecule has 0 nitrogen and oxygen atoms in total. The van der Waals surface area contributed by atoms with Crippen LogP contribution in [0, 0.1) is 5.82 Å². The summed E-state index contributed by atoms with van der Waals surface area (Å²) in [7, 11) is 0. The van der Waals surface area contributed by atoms with E-state index in [-0.39, 0.29) is 10.8 Å². The van der Waals surface area contributed by atoms with Crippen molar-refractivity contribution in [2.45, 2.75) is 0 Å². The normalized spacial score (nSPS) is 10.3. The Balaban J connectivity index is 2.63. The number of benzene rings is 2. The van der Waals surface area contributed by atoms with Gasteiger partial charge >= 0.3 is 0 Å². The molecule has 0 aliphatic carbocycles. The van der Waals surface area contributed by atoms with Gasteiger partial charge < -0.3 is 0 Å². The molecule has 0 amide bonds. The third-order valence-corrected chi connectivity index (χ3v) is 2.81. The number of hydrogen-bond acceptors (Lipinski definition) is 0. The molecule has 2 rings (SSSR count). The molecule has 0 N–H and O–H groups in total. The SMILES string of the molecule is Fc1c(Cl)cc(Br)cc1-c1ccccc1. The summed E-state index contributed by atoms with van der Waals surface area (Å²) < 4.78 is 14.5. The first-order chi connectivity index (χ1) is 7.18. The lowest BCUT2D eigenvalue weighted by Crippen LogP contribution is -1.85. The van der Waals surface area contributed by atoms with E-state index in [0.717, 1.165) is 10.0 Å². The van der Waals surface area contributed by atoms with Gasteiger partial charge in [0.2, 0.25) is 0 Å². The molecule has 0 unspecified atom stereocenters. The smallest absolute Gasteiger partial charge is 0.149 e. The highest BCUT2D eigenvalue weighted by atomic mass is 79.9. The molecule has 2 aromatic rings. The second-order valence-electron chi connectivity index (χ2n) is 3.12. The van der Waals surface area contributed by atoms with Gasteiger partial charge in [-0.25, -0.2) is 4.39 Å². The maximum absolute atomic E-state index is 13.7. The summed E-state index contributed by atoms with van der Waals surface area (Å²) >= 11 is 9.06. The fourth-order valence-electron chi connectivity index (χ4n) is 1.38. The van der Waals surface area contributed by atoms with Crippen LogP contribution in [-0.2, 0) is 0 Å². The summed E-state index contributed by atoms with van der Waals surface area (Å²) in [6, 6.07) is 12.6. The zero-order chi connectivity index (χ0) is 10.8. The second-order valence-corrected chi connectivity index (χ2v) is 4.44. The monoisotopic (exact) mass is 284 g/mol. The van der Waals surface area contributed by atoms with Gasteiger partial charge in [-0.05, 0) is 17.7 Å². The van der Waals surface area contributed by atoms with Gasteiger partial charge in [-0.3, -0.25) is 0 Å². The van der Waals surface area contributed by atoms with Gasteiger partial charge in [0.05, 0.1) is 5.02 Å². The first-order valence-electron chi connectivity index (χ1n) is 4.38. The quantitative estimate of drug-likeness (QED) is 0.653. The van der Waals surface area contributed by atoms with Crippen LogP contribution in [0.1, 0.15) is 0 Å². The lowest BCUT2D eigenvalue weighted by atomic mass is 10.1. The largest absolute Gasteiger partial charge is 0.205 e. The molecular formula is C12H7BrClF. The minimum absolute atomic E-state index is 0.128. The summed E-state index contributed by atoms with van der Waals surface area (Å²) in [6.07, 6.45) is 0. The zero-order valence-corrected chi connectivity index (χ0v) is 10.0. The number of hydrogen-bond donors (Lipinski definition) is 0. The van der Waals surface area contributed by atoms with Gasteiger partial charge in [0, 0.05) is 10.0 Å². The predicted octanol–water partition coefficient (Wildman–Crippen LogP) is 4.91.